The maximum Gasteiger partial charge on any atom is 0.246 e. The van der Waals surface area contributed by atoms with E-state index in [1.165, 1.54) is 4.80 Å². The summed E-state index contributed by atoms with van der Waals surface area (Å²) in [5, 5.41) is 19.5. The van der Waals surface area contributed by atoms with Crippen molar-refractivity contribution in [2.75, 3.05) is 13.1 Å². The highest BCUT2D eigenvalue weighted by atomic mass is 16.2. The lowest BCUT2D eigenvalue weighted by atomic mass is 10.0. The van der Waals surface area contributed by atoms with E-state index in [2.05, 4.69) is 20.8 Å². The van der Waals surface area contributed by atoms with Gasteiger partial charge in [0, 0.05) is 25.1 Å². The molecule has 3 amide bonds. The standard InChI is InChI=1S/C29H35N9O3/c1-19(2)26-28-32-27(21-10-5-4-6-11-21)35-37(28)17-16-36(15-9-14-24(39)30-20(3)29(41)31-26)25(40)18-38-33-22-12-7-8-13-23(22)34-38/h4-8,10-13,19-20,26H,9,14-18H2,1-3H3,(H,30,39)(H,31,41)/t20-,26+/m1/s1. The molecule has 3 heterocycles. The van der Waals surface area contributed by atoms with Crippen molar-refractivity contribution in [1.82, 2.24) is 45.3 Å². The van der Waals surface area contributed by atoms with Gasteiger partial charge in [-0.3, -0.25) is 14.4 Å². The van der Waals surface area contributed by atoms with Crippen LogP contribution in [0.1, 0.15) is 45.5 Å². The molecule has 214 valence electrons. The summed E-state index contributed by atoms with van der Waals surface area (Å²) < 4.78 is 1.78. The molecule has 0 saturated carbocycles. The van der Waals surface area contributed by atoms with E-state index in [-0.39, 0.29) is 36.6 Å². The molecular weight excluding hydrogens is 522 g/mol. The summed E-state index contributed by atoms with van der Waals surface area (Å²) in [4.78, 5) is 47.1. The molecule has 0 spiro atoms. The summed E-state index contributed by atoms with van der Waals surface area (Å²) in [5.74, 6) is 0.421. The quantitative estimate of drug-likeness (QED) is 0.393. The first kappa shape index (κ1) is 27.9. The van der Waals surface area contributed by atoms with Gasteiger partial charge < -0.3 is 15.5 Å². The first-order valence-electron chi connectivity index (χ1n) is 14.0. The highest BCUT2D eigenvalue weighted by molar-refractivity contribution is 5.87. The maximum atomic E-state index is 13.5. The van der Waals surface area contributed by atoms with E-state index in [4.69, 9.17) is 10.1 Å². The van der Waals surface area contributed by atoms with Gasteiger partial charge >= 0.3 is 0 Å². The molecule has 0 bridgehead atoms. The fraction of sp³-hybridized carbons (Fsp3) is 0.414. The largest absolute Gasteiger partial charge is 0.345 e. The molecule has 2 atom stereocenters. The Balaban J connectivity index is 1.46. The predicted octanol–water partition coefficient (Wildman–Crippen LogP) is 2.33. The number of hydrogen-bond acceptors (Lipinski definition) is 7. The van der Waals surface area contributed by atoms with Crippen LogP contribution in [0.25, 0.3) is 22.4 Å². The number of carbonyl (C=O) groups is 3. The number of benzene rings is 2. The van der Waals surface area contributed by atoms with Crippen LogP contribution in [0.5, 0.6) is 0 Å². The molecule has 12 nitrogen and oxygen atoms in total. The summed E-state index contributed by atoms with van der Waals surface area (Å²) in [6.07, 6.45) is 0.625. The monoisotopic (exact) mass is 557 g/mol. The summed E-state index contributed by atoms with van der Waals surface area (Å²) in [7, 11) is 0. The molecule has 2 aromatic carbocycles. The van der Waals surface area contributed by atoms with Crippen LogP contribution in [0.2, 0.25) is 0 Å². The van der Waals surface area contributed by atoms with E-state index in [0.717, 1.165) is 16.6 Å². The van der Waals surface area contributed by atoms with E-state index >= 15 is 0 Å². The smallest absolute Gasteiger partial charge is 0.246 e. The van der Waals surface area contributed by atoms with Crippen LogP contribution in [-0.4, -0.2) is 71.5 Å². The Morgan fingerprint density at radius 1 is 0.927 bits per heavy atom. The molecular formula is C29H35N9O3. The zero-order chi connectivity index (χ0) is 28.9. The molecule has 12 heteroatoms. The van der Waals surface area contributed by atoms with Crippen molar-refractivity contribution in [2.24, 2.45) is 5.92 Å². The number of nitrogens with zero attached hydrogens (tertiary/aromatic N) is 7. The second-order valence-corrected chi connectivity index (χ2v) is 10.6. The number of nitrogens with one attached hydrogen (secondary N) is 2. The van der Waals surface area contributed by atoms with Crippen LogP contribution in [-0.2, 0) is 27.5 Å². The summed E-state index contributed by atoms with van der Waals surface area (Å²) in [6, 6.07) is 15.9. The minimum atomic E-state index is -0.727. The van der Waals surface area contributed by atoms with Gasteiger partial charge in [0.2, 0.25) is 17.7 Å². The van der Waals surface area contributed by atoms with Crippen LogP contribution in [0.4, 0.5) is 0 Å². The molecule has 0 saturated heterocycles. The molecule has 0 unspecified atom stereocenters. The Morgan fingerprint density at radius 3 is 2.29 bits per heavy atom. The van der Waals surface area contributed by atoms with Gasteiger partial charge in [-0.15, -0.1) is 0 Å². The van der Waals surface area contributed by atoms with Crippen LogP contribution in [0, 0.1) is 5.92 Å². The Hall–Kier alpha value is -4.61. The number of aromatic nitrogens is 6. The maximum absolute atomic E-state index is 13.5. The van der Waals surface area contributed by atoms with Crippen molar-refractivity contribution in [3.05, 3.63) is 60.4 Å². The molecule has 4 aromatic rings. The number of fused-ring (bicyclic) bond motifs is 2. The van der Waals surface area contributed by atoms with Crippen LogP contribution >= 0.6 is 0 Å². The molecule has 1 aliphatic rings. The van der Waals surface area contributed by atoms with E-state index in [1.54, 1.807) is 16.5 Å². The third-order valence-electron chi connectivity index (χ3n) is 7.12. The Kier molecular flexibility index (Phi) is 8.37. The highest BCUT2D eigenvalue weighted by Gasteiger charge is 2.29. The number of hydrogen-bond donors (Lipinski definition) is 2. The minimum Gasteiger partial charge on any atom is -0.345 e. The van der Waals surface area contributed by atoms with E-state index < -0.39 is 12.1 Å². The van der Waals surface area contributed by atoms with Crippen molar-refractivity contribution in [3.63, 3.8) is 0 Å². The SMILES string of the molecule is CC(C)[C@@H]1NC(=O)[C@@H](C)NC(=O)CCCN(C(=O)Cn2nc3ccccc3n2)CCn2nc(-c3ccccc3)nc21. The van der Waals surface area contributed by atoms with Gasteiger partial charge in [0.1, 0.15) is 23.6 Å². The minimum absolute atomic E-state index is 0.0147. The Bertz CT molecular complexity index is 1500. The van der Waals surface area contributed by atoms with E-state index in [9.17, 15) is 14.4 Å². The highest BCUT2D eigenvalue weighted by Crippen LogP contribution is 2.24. The summed E-state index contributed by atoms with van der Waals surface area (Å²) >= 11 is 0. The molecule has 41 heavy (non-hydrogen) atoms. The molecule has 0 radical (unpaired) electrons. The normalized spacial score (nSPS) is 19.0. The van der Waals surface area contributed by atoms with Gasteiger partial charge in [-0.1, -0.05) is 56.3 Å². The Morgan fingerprint density at radius 2 is 1.61 bits per heavy atom. The molecule has 2 aromatic heterocycles. The van der Waals surface area contributed by atoms with Crippen molar-refractivity contribution in [2.45, 2.75) is 58.8 Å². The molecule has 0 fully saturated rings. The van der Waals surface area contributed by atoms with E-state index in [1.807, 2.05) is 68.4 Å². The van der Waals surface area contributed by atoms with Gasteiger partial charge in [0.05, 0.1) is 12.6 Å². The first-order valence-corrected chi connectivity index (χ1v) is 14.0. The summed E-state index contributed by atoms with van der Waals surface area (Å²) in [6.45, 7) is 6.68. The van der Waals surface area contributed by atoms with E-state index in [0.29, 0.717) is 37.7 Å². The van der Waals surface area contributed by atoms with Gasteiger partial charge in [-0.25, -0.2) is 9.67 Å². The molecule has 1 aliphatic heterocycles. The third kappa shape index (κ3) is 6.59. The molecule has 0 aliphatic carbocycles. The van der Waals surface area contributed by atoms with Gasteiger partial charge in [-0.05, 0) is 31.4 Å². The van der Waals surface area contributed by atoms with Crippen LogP contribution < -0.4 is 10.6 Å². The first-order chi connectivity index (χ1) is 19.8. The van der Waals surface area contributed by atoms with Gasteiger partial charge in [-0.2, -0.15) is 20.1 Å². The van der Waals surface area contributed by atoms with Gasteiger partial charge in [0.15, 0.2) is 11.6 Å². The van der Waals surface area contributed by atoms with Crippen molar-refractivity contribution in [3.8, 4) is 11.4 Å². The molecule has 2 N–H and O–H groups in total. The fourth-order valence-electron chi connectivity index (χ4n) is 4.85. The Labute approximate surface area is 238 Å². The van der Waals surface area contributed by atoms with Crippen LogP contribution in [0.15, 0.2) is 54.6 Å². The van der Waals surface area contributed by atoms with Gasteiger partial charge in [0.25, 0.3) is 0 Å². The van der Waals surface area contributed by atoms with Crippen molar-refractivity contribution >= 4 is 28.8 Å². The number of carbonyl (C=O) groups excluding carboxylic acids is 3. The average Bonchev–Trinajstić information content (AvgIpc) is 3.56. The van der Waals surface area contributed by atoms with Crippen molar-refractivity contribution < 1.29 is 14.4 Å². The average molecular weight is 558 g/mol. The zero-order valence-corrected chi connectivity index (χ0v) is 23.5. The molecule has 5 rings (SSSR count). The lowest BCUT2D eigenvalue weighted by molar-refractivity contribution is -0.133. The number of rotatable bonds is 4. The zero-order valence-electron chi connectivity index (χ0n) is 23.5. The second kappa shape index (κ2) is 12.3. The third-order valence-corrected chi connectivity index (χ3v) is 7.12. The van der Waals surface area contributed by atoms with Crippen molar-refractivity contribution in [1.29, 1.82) is 0 Å². The number of amides is 3. The second-order valence-electron chi connectivity index (χ2n) is 10.6. The lowest BCUT2D eigenvalue weighted by Gasteiger charge is -2.27. The summed E-state index contributed by atoms with van der Waals surface area (Å²) in [5.41, 5.74) is 2.29. The van der Waals surface area contributed by atoms with Crippen LogP contribution in [0.3, 0.4) is 0 Å². The fourth-order valence-corrected chi connectivity index (χ4v) is 4.85. The lowest BCUT2D eigenvalue weighted by Crippen LogP contribution is -2.47. The topological polar surface area (TPSA) is 140 Å². The predicted molar refractivity (Wildman–Crippen MR) is 152 cm³/mol.